The number of imidazole rings is 1. The monoisotopic (exact) mass is 379 g/mol. The number of nitrogens with one attached hydrogen (secondary N) is 4. The number of rotatable bonds is 4. The highest BCUT2D eigenvalue weighted by Crippen LogP contribution is 2.27. The van der Waals surface area contributed by atoms with Gasteiger partial charge in [-0.3, -0.25) is 4.98 Å². The van der Waals surface area contributed by atoms with Crippen LogP contribution in [-0.4, -0.2) is 21.0 Å². The van der Waals surface area contributed by atoms with Crippen LogP contribution in [0.15, 0.2) is 65.6 Å². The smallest absolute Gasteiger partial charge is 0.325 e. The lowest BCUT2D eigenvalue weighted by molar-refractivity contribution is 0.262. The molecule has 0 atom stereocenters. The summed E-state index contributed by atoms with van der Waals surface area (Å²) in [7, 11) is 0. The summed E-state index contributed by atoms with van der Waals surface area (Å²) >= 11 is 0. The quantitative estimate of drug-likeness (QED) is 0.432. The Morgan fingerprint density at radius 1 is 1.00 bits per heavy atom. The molecular formula is C19H14FN5O3. The second kappa shape index (κ2) is 7.23. The molecule has 0 fully saturated rings. The number of H-pyrrole nitrogens is 2. The van der Waals surface area contributed by atoms with Gasteiger partial charge in [0, 0.05) is 29.7 Å². The summed E-state index contributed by atoms with van der Waals surface area (Å²) in [5.41, 5.74) is 1.24. The zero-order valence-corrected chi connectivity index (χ0v) is 14.3. The summed E-state index contributed by atoms with van der Waals surface area (Å²) in [6.45, 7) is 0. The van der Waals surface area contributed by atoms with E-state index in [0.717, 1.165) is 0 Å². The molecule has 0 aliphatic carbocycles. The van der Waals surface area contributed by atoms with Crippen LogP contribution in [0.25, 0.3) is 11.2 Å². The van der Waals surface area contributed by atoms with Gasteiger partial charge in [0.1, 0.15) is 17.1 Å². The molecule has 0 saturated heterocycles. The van der Waals surface area contributed by atoms with Crippen molar-refractivity contribution in [3.8, 4) is 11.5 Å². The van der Waals surface area contributed by atoms with Gasteiger partial charge in [-0.15, -0.1) is 0 Å². The van der Waals surface area contributed by atoms with Crippen LogP contribution in [0.1, 0.15) is 0 Å². The number of pyridine rings is 1. The van der Waals surface area contributed by atoms with Crippen molar-refractivity contribution in [3.63, 3.8) is 0 Å². The predicted octanol–water partition coefficient (Wildman–Crippen LogP) is 3.83. The first-order valence-electron chi connectivity index (χ1n) is 8.25. The van der Waals surface area contributed by atoms with Gasteiger partial charge >= 0.3 is 11.7 Å². The van der Waals surface area contributed by atoms with Gasteiger partial charge in [-0.05, 0) is 30.3 Å². The van der Waals surface area contributed by atoms with Gasteiger partial charge in [-0.1, -0.05) is 12.1 Å². The van der Waals surface area contributed by atoms with Crippen molar-refractivity contribution in [2.45, 2.75) is 0 Å². The summed E-state index contributed by atoms with van der Waals surface area (Å²) in [6, 6.07) is 13.4. The van der Waals surface area contributed by atoms with Gasteiger partial charge in [0.2, 0.25) is 0 Å². The van der Waals surface area contributed by atoms with Crippen molar-refractivity contribution >= 4 is 28.6 Å². The van der Waals surface area contributed by atoms with Crippen molar-refractivity contribution < 1.29 is 13.9 Å². The Bertz CT molecular complexity index is 1220. The van der Waals surface area contributed by atoms with Crippen molar-refractivity contribution in [2.75, 3.05) is 10.6 Å². The van der Waals surface area contributed by atoms with Crippen LogP contribution in [0, 0.1) is 5.82 Å². The third-order valence-corrected chi connectivity index (χ3v) is 3.79. The number of aromatic amines is 2. The molecule has 0 saturated carbocycles. The van der Waals surface area contributed by atoms with Gasteiger partial charge in [0.05, 0.1) is 0 Å². The molecule has 0 radical (unpaired) electrons. The number of nitrogens with zero attached hydrogens (tertiary/aromatic N) is 1. The number of carbonyl (C=O) groups excluding carboxylic acids is 1. The van der Waals surface area contributed by atoms with Gasteiger partial charge in [-0.25, -0.2) is 19.0 Å². The third kappa shape index (κ3) is 3.83. The molecule has 140 valence electrons. The van der Waals surface area contributed by atoms with Crippen molar-refractivity contribution in [1.29, 1.82) is 0 Å². The number of benzene rings is 2. The van der Waals surface area contributed by atoms with E-state index < -0.39 is 11.8 Å². The molecule has 8 nitrogen and oxygen atoms in total. The maximum absolute atomic E-state index is 13.2. The van der Waals surface area contributed by atoms with Crippen LogP contribution in [0.4, 0.5) is 20.6 Å². The lowest BCUT2D eigenvalue weighted by Crippen LogP contribution is -2.19. The SMILES string of the molecule is O=C(Nc1cccc(F)c1)Nc1cccc(Oc2ccnc3[nH]c(=O)[nH]c23)c1. The van der Waals surface area contributed by atoms with Crippen molar-refractivity contribution in [1.82, 2.24) is 15.0 Å². The number of carbonyl (C=O) groups is 1. The number of amides is 2. The molecule has 0 bridgehead atoms. The second-order valence-corrected chi connectivity index (χ2v) is 5.83. The van der Waals surface area contributed by atoms with Gasteiger partial charge < -0.3 is 20.4 Å². The molecule has 28 heavy (non-hydrogen) atoms. The Balaban J connectivity index is 1.49. The summed E-state index contributed by atoms with van der Waals surface area (Å²) in [5.74, 6) is 0.405. The minimum atomic E-state index is -0.524. The molecule has 2 amide bonds. The maximum Gasteiger partial charge on any atom is 0.325 e. The normalized spacial score (nSPS) is 10.6. The Hall–Kier alpha value is -4.14. The standard InChI is InChI=1S/C19H14FN5O3/c20-11-3-1-4-12(9-11)22-18(26)23-13-5-2-6-14(10-13)28-15-7-8-21-17-16(15)24-19(27)25-17/h1-10H,(H2,22,23,26)(H2,21,24,25,27). The molecule has 9 heteroatoms. The van der Waals surface area contributed by atoms with E-state index in [1.807, 2.05) is 0 Å². The second-order valence-electron chi connectivity index (χ2n) is 5.83. The third-order valence-electron chi connectivity index (χ3n) is 3.79. The molecule has 2 heterocycles. The maximum atomic E-state index is 13.2. The zero-order chi connectivity index (χ0) is 19.5. The first kappa shape index (κ1) is 17.3. The fourth-order valence-electron chi connectivity index (χ4n) is 2.62. The van der Waals surface area contributed by atoms with E-state index in [1.165, 1.54) is 24.4 Å². The van der Waals surface area contributed by atoms with E-state index in [9.17, 15) is 14.0 Å². The Morgan fingerprint density at radius 2 is 1.75 bits per heavy atom. The predicted molar refractivity (Wildman–Crippen MR) is 102 cm³/mol. The van der Waals surface area contributed by atoms with E-state index in [2.05, 4.69) is 25.6 Å². The first-order valence-corrected chi connectivity index (χ1v) is 8.25. The lowest BCUT2D eigenvalue weighted by atomic mass is 10.3. The number of ether oxygens (including phenoxy) is 1. The number of urea groups is 1. The zero-order valence-electron chi connectivity index (χ0n) is 14.3. The number of hydrogen-bond acceptors (Lipinski definition) is 4. The van der Waals surface area contributed by atoms with Crippen LogP contribution in [0.3, 0.4) is 0 Å². The van der Waals surface area contributed by atoms with Gasteiger partial charge in [0.15, 0.2) is 11.4 Å². The van der Waals surface area contributed by atoms with Gasteiger partial charge in [-0.2, -0.15) is 0 Å². The number of aromatic nitrogens is 3. The molecule has 4 rings (SSSR count). The molecule has 0 spiro atoms. The van der Waals surface area contributed by atoms with E-state index in [4.69, 9.17) is 4.74 Å². The largest absolute Gasteiger partial charge is 0.455 e. The minimum absolute atomic E-state index is 0.334. The number of hydrogen-bond donors (Lipinski definition) is 4. The highest BCUT2D eigenvalue weighted by atomic mass is 19.1. The van der Waals surface area contributed by atoms with E-state index in [0.29, 0.717) is 34.0 Å². The lowest BCUT2D eigenvalue weighted by Gasteiger charge is -2.10. The van der Waals surface area contributed by atoms with Crippen molar-refractivity contribution in [3.05, 3.63) is 77.1 Å². The molecular weight excluding hydrogens is 365 g/mol. The van der Waals surface area contributed by atoms with Crippen LogP contribution < -0.4 is 21.1 Å². The Labute approximate surface area is 157 Å². The fourth-order valence-corrected chi connectivity index (χ4v) is 2.62. The molecule has 4 N–H and O–H groups in total. The number of anilines is 2. The molecule has 4 aromatic rings. The van der Waals surface area contributed by atoms with Crippen LogP contribution in [0.2, 0.25) is 0 Å². The Kier molecular flexibility index (Phi) is 4.47. The summed E-state index contributed by atoms with van der Waals surface area (Å²) < 4.78 is 19.0. The minimum Gasteiger partial charge on any atom is -0.455 e. The van der Waals surface area contributed by atoms with Crippen molar-refractivity contribution in [2.24, 2.45) is 0 Å². The summed E-state index contributed by atoms with van der Waals surface area (Å²) in [5, 5.41) is 5.19. The molecule has 2 aromatic carbocycles. The highest BCUT2D eigenvalue weighted by Gasteiger charge is 2.09. The number of halogens is 1. The van der Waals surface area contributed by atoms with Gasteiger partial charge in [0.25, 0.3) is 0 Å². The summed E-state index contributed by atoms with van der Waals surface area (Å²) in [4.78, 5) is 32.8. The van der Waals surface area contributed by atoms with Crippen LogP contribution in [0.5, 0.6) is 11.5 Å². The fraction of sp³-hybridized carbons (Fsp3) is 0. The van der Waals surface area contributed by atoms with Crippen LogP contribution >= 0.6 is 0 Å². The molecule has 2 aromatic heterocycles. The first-order chi connectivity index (χ1) is 13.6. The number of fused-ring (bicyclic) bond motifs is 1. The topological polar surface area (TPSA) is 112 Å². The highest BCUT2D eigenvalue weighted by molar-refractivity contribution is 5.99. The Morgan fingerprint density at radius 3 is 2.54 bits per heavy atom. The van der Waals surface area contributed by atoms with E-state index in [-0.39, 0.29) is 5.69 Å². The molecule has 0 aliphatic heterocycles. The average Bonchev–Trinajstić information content (AvgIpc) is 3.03. The van der Waals surface area contributed by atoms with Crippen LogP contribution in [-0.2, 0) is 0 Å². The molecule has 0 aliphatic rings. The summed E-state index contributed by atoms with van der Waals surface area (Å²) in [6.07, 6.45) is 1.51. The van der Waals surface area contributed by atoms with E-state index >= 15 is 0 Å². The molecule has 0 unspecified atom stereocenters. The van der Waals surface area contributed by atoms with E-state index in [1.54, 1.807) is 36.4 Å². The average molecular weight is 379 g/mol.